The molecule has 0 saturated carbocycles. The van der Waals surface area contributed by atoms with Crippen LogP contribution in [-0.4, -0.2) is 5.54 Å². The van der Waals surface area contributed by atoms with Crippen LogP contribution in [-0.2, 0) is 6.54 Å². The number of halogens is 1. The molecule has 0 heterocycles. The zero-order chi connectivity index (χ0) is 10.8. The Bertz CT molecular complexity index is 316. The van der Waals surface area contributed by atoms with Gasteiger partial charge in [0.15, 0.2) is 0 Å². The second kappa shape index (κ2) is 4.20. The van der Waals surface area contributed by atoms with E-state index in [4.69, 9.17) is 17.3 Å². The molecule has 3 N–H and O–H groups in total. The van der Waals surface area contributed by atoms with Crippen molar-refractivity contribution in [1.82, 2.24) is 5.32 Å². The van der Waals surface area contributed by atoms with Gasteiger partial charge in [0.2, 0.25) is 0 Å². The van der Waals surface area contributed by atoms with Crippen molar-refractivity contribution in [1.29, 1.82) is 0 Å². The molecule has 1 aromatic rings. The van der Waals surface area contributed by atoms with Gasteiger partial charge in [-0.3, -0.25) is 0 Å². The van der Waals surface area contributed by atoms with Crippen molar-refractivity contribution >= 4 is 17.3 Å². The molecule has 0 spiro atoms. The zero-order valence-electron chi connectivity index (χ0n) is 8.89. The minimum Gasteiger partial charge on any atom is -0.399 e. The molecule has 2 nitrogen and oxygen atoms in total. The second-order valence-electron chi connectivity index (χ2n) is 4.45. The monoisotopic (exact) mass is 212 g/mol. The molecular weight excluding hydrogens is 196 g/mol. The molecule has 14 heavy (non-hydrogen) atoms. The summed E-state index contributed by atoms with van der Waals surface area (Å²) in [5.74, 6) is 0. The molecule has 0 unspecified atom stereocenters. The molecule has 0 aliphatic carbocycles. The van der Waals surface area contributed by atoms with Crippen molar-refractivity contribution in [3.63, 3.8) is 0 Å². The SMILES string of the molecule is CC(C)(C)NCc1cc(N)ccc1Cl. The molecule has 0 amide bonds. The van der Waals surface area contributed by atoms with Crippen molar-refractivity contribution in [2.24, 2.45) is 0 Å². The molecule has 0 saturated heterocycles. The molecule has 0 aliphatic heterocycles. The Balaban J connectivity index is 2.72. The maximum atomic E-state index is 6.03. The van der Waals surface area contributed by atoms with E-state index in [1.54, 1.807) is 0 Å². The Morgan fingerprint density at radius 3 is 2.57 bits per heavy atom. The number of benzene rings is 1. The lowest BCUT2D eigenvalue weighted by Gasteiger charge is -2.21. The second-order valence-corrected chi connectivity index (χ2v) is 4.86. The minimum atomic E-state index is 0.0912. The molecule has 3 heteroatoms. The van der Waals surface area contributed by atoms with Gasteiger partial charge in [0.25, 0.3) is 0 Å². The van der Waals surface area contributed by atoms with E-state index in [0.717, 1.165) is 22.8 Å². The van der Waals surface area contributed by atoms with Crippen LogP contribution >= 0.6 is 11.6 Å². The first-order chi connectivity index (χ1) is 6.38. The fraction of sp³-hybridized carbons (Fsp3) is 0.455. The molecule has 0 atom stereocenters. The van der Waals surface area contributed by atoms with E-state index < -0.39 is 0 Å². The summed E-state index contributed by atoms with van der Waals surface area (Å²) in [6, 6.07) is 5.54. The molecule has 1 aromatic carbocycles. The standard InChI is InChI=1S/C11H17ClN2/c1-11(2,3)14-7-8-6-9(13)4-5-10(8)12/h4-6,14H,7,13H2,1-3H3. The third-order valence-corrected chi connectivity index (χ3v) is 2.25. The smallest absolute Gasteiger partial charge is 0.0452 e. The lowest BCUT2D eigenvalue weighted by atomic mass is 10.1. The van der Waals surface area contributed by atoms with Gasteiger partial charge in [-0.2, -0.15) is 0 Å². The first kappa shape index (κ1) is 11.3. The summed E-state index contributed by atoms with van der Waals surface area (Å²) < 4.78 is 0. The molecule has 0 aromatic heterocycles. The lowest BCUT2D eigenvalue weighted by molar-refractivity contribution is 0.424. The van der Waals surface area contributed by atoms with E-state index in [-0.39, 0.29) is 5.54 Å². The molecule has 0 aliphatic rings. The van der Waals surface area contributed by atoms with Crippen molar-refractivity contribution in [3.8, 4) is 0 Å². The first-order valence-corrected chi connectivity index (χ1v) is 5.05. The number of nitrogens with two attached hydrogens (primary N) is 1. The Labute approximate surface area is 90.4 Å². The maximum absolute atomic E-state index is 6.03. The van der Waals surface area contributed by atoms with Crippen LogP contribution in [0.25, 0.3) is 0 Å². The highest BCUT2D eigenvalue weighted by Gasteiger charge is 2.09. The van der Waals surface area contributed by atoms with E-state index in [9.17, 15) is 0 Å². The number of anilines is 1. The average molecular weight is 213 g/mol. The Morgan fingerprint density at radius 2 is 2.00 bits per heavy atom. The molecular formula is C11H17ClN2. The van der Waals surface area contributed by atoms with Crippen LogP contribution in [0.4, 0.5) is 5.69 Å². The van der Waals surface area contributed by atoms with Crippen LogP contribution in [0.5, 0.6) is 0 Å². The molecule has 0 bridgehead atoms. The van der Waals surface area contributed by atoms with Crippen molar-refractivity contribution in [2.45, 2.75) is 32.9 Å². The highest BCUT2D eigenvalue weighted by molar-refractivity contribution is 6.31. The normalized spacial score (nSPS) is 11.7. The average Bonchev–Trinajstić information content (AvgIpc) is 2.05. The topological polar surface area (TPSA) is 38.0 Å². The van der Waals surface area contributed by atoms with Gasteiger partial charge < -0.3 is 11.1 Å². The van der Waals surface area contributed by atoms with E-state index in [2.05, 4.69) is 26.1 Å². The van der Waals surface area contributed by atoms with Gasteiger partial charge in [-0.1, -0.05) is 11.6 Å². The summed E-state index contributed by atoms with van der Waals surface area (Å²) in [5, 5.41) is 4.13. The number of nitrogen functional groups attached to an aromatic ring is 1. The predicted octanol–water partition coefficient (Wildman–Crippen LogP) is 2.81. The van der Waals surface area contributed by atoms with Crippen LogP contribution in [0.3, 0.4) is 0 Å². The first-order valence-electron chi connectivity index (χ1n) is 4.67. The van der Waals surface area contributed by atoms with Crippen LogP contribution < -0.4 is 11.1 Å². The Hall–Kier alpha value is -0.730. The van der Waals surface area contributed by atoms with Crippen LogP contribution in [0.2, 0.25) is 5.02 Å². The Kier molecular flexibility index (Phi) is 3.40. The number of hydrogen-bond donors (Lipinski definition) is 2. The number of nitrogens with one attached hydrogen (secondary N) is 1. The van der Waals surface area contributed by atoms with E-state index in [1.807, 2.05) is 18.2 Å². The van der Waals surface area contributed by atoms with Gasteiger partial charge in [0, 0.05) is 22.8 Å². The summed E-state index contributed by atoms with van der Waals surface area (Å²) in [6.07, 6.45) is 0. The van der Waals surface area contributed by atoms with Gasteiger partial charge in [-0.15, -0.1) is 0 Å². The van der Waals surface area contributed by atoms with Crippen LogP contribution in [0.15, 0.2) is 18.2 Å². The summed E-state index contributed by atoms with van der Waals surface area (Å²) in [5.41, 5.74) is 7.56. The van der Waals surface area contributed by atoms with E-state index >= 15 is 0 Å². The minimum absolute atomic E-state index is 0.0912. The van der Waals surface area contributed by atoms with Gasteiger partial charge >= 0.3 is 0 Å². The summed E-state index contributed by atoms with van der Waals surface area (Å²) in [4.78, 5) is 0. The highest BCUT2D eigenvalue weighted by atomic mass is 35.5. The quantitative estimate of drug-likeness (QED) is 0.740. The number of hydrogen-bond acceptors (Lipinski definition) is 2. The predicted molar refractivity (Wildman–Crippen MR) is 62.5 cm³/mol. The molecule has 0 fully saturated rings. The molecule has 1 rings (SSSR count). The summed E-state index contributed by atoms with van der Waals surface area (Å²) in [6.45, 7) is 7.10. The van der Waals surface area contributed by atoms with Gasteiger partial charge in [-0.25, -0.2) is 0 Å². The highest BCUT2D eigenvalue weighted by Crippen LogP contribution is 2.19. The maximum Gasteiger partial charge on any atom is 0.0452 e. The fourth-order valence-electron chi connectivity index (χ4n) is 1.09. The van der Waals surface area contributed by atoms with Crippen molar-refractivity contribution in [2.75, 3.05) is 5.73 Å². The van der Waals surface area contributed by atoms with Gasteiger partial charge in [0.05, 0.1) is 0 Å². The van der Waals surface area contributed by atoms with Crippen LogP contribution in [0.1, 0.15) is 26.3 Å². The van der Waals surface area contributed by atoms with Crippen LogP contribution in [0, 0.1) is 0 Å². The fourth-order valence-corrected chi connectivity index (χ4v) is 1.27. The Morgan fingerprint density at radius 1 is 1.36 bits per heavy atom. The van der Waals surface area contributed by atoms with Gasteiger partial charge in [0.1, 0.15) is 0 Å². The third kappa shape index (κ3) is 3.56. The zero-order valence-corrected chi connectivity index (χ0v) is 9.65. The van der Waals surface area contributed by atoms with Crippen molar-refractivity contribution < 1.29 is 0 Å². The molecule has 78 valence electrons. The third-order valence-electron chi connectivity index (χ3n) is 1.88. The lowest BCUT2D eigenvalue weighted by Crippen LogP contribution is -2.35. The molecule has 0 radical (unpaired) electrons. The number of rotatable bonds is 2. The largest absolute Gasteiger partial charge is 0.399 e. The van der Waals surface area contributed by atoms with E-state index in [0.29, 0.717) is 0 Å². The van der Waals surface area contributed by atoms with Gasteiger partial charge in [-0.05, 0) is 44.5 Å². The summed E-state index contributed by atoms with van der Waals surface area (Å²) >= 11 is 6.03. The summed E-state index contributed by atoms with van der Waals surface area (Å²) in [7, 11) is 0. The van der Waals surface area contributed by atoms with E-state index in [1.165, 1.54) is 0 Å². The van der Waals surface area contributed by atoms with Crippen molar-refractivity contribution in [3.05, 3.63) is 28.8 Å².